The highest BCUT2D eigenvalue weighted by Crippen LogP contribution is 1.87. The molecule has 5 heteroatoms. The van der Waals surface area contributed by atoms with Gasteiger partial charge in [-0.05, 0) is 6.42 Å². The summed E-state index contributed by atoms with van der Waals surface area (Å²) in [5.74, 6) is 0.00897. The number of carbonyl (C=O) groups is 2. The molecule has 0 spiro atoms. The Bertz CT molecular complexity index is 174. The van der Waals surface area contributed by atoms with Crippen LogP contribution in [0.2, 0.25) is 0 Å². The van der Waals surface area contributed by atoms with E-state index in [9.17, 15) is 9.59 Å². The quantitative estimate of drug-likeness (QED) is 0.425. The lowest BCUT2D eigenvalue weighted by atomic mass is 10.3. The molecule has 0 rings (SSSR count). The van der Waals surface area contributed by atoms with E-state index in [1.807, 2.05) is 0 Å². The molecule has 2 amide bonds. The topological polar surface area (TPSA) is 58.2 Å². The first-order chi connectivity index (χ1) is 6.16. The van der Waals surface area contributed by atoms with Crippen molar-refractivity contribution in [1.82, 2.24) is 10.6 Å². The molecule has 0 unspecified atom stereocenters. The molecule has 0 bridgehead atoms. The van der Waals surface area contributed by atoms with Gasteiger partial charge in [0.1, 0.15) is 0 Å². The van der Waals surface area contributed by atoms with Crippen molar-refractivity contribution in [2.45, 2.75) is 19.8 Å². The number of hydrogen-bond acceptors (Lipinski definition) is 2. The Morgan fingerprint density at radius 3 is 2.46 bits per heavy atom. The first-order valence-corrected chi connectivity index (χ1v) is 5.76. The van der Waals surface area contributed by atoms with Crippen molar-refractivity contribution in [3.05, 3.63) is 0 Å². The SMILES string of the molecule is CC(=O)NCCCC(=O)NCCI. The Balaban J connectivity index is 3.22. The fourth-order valence-electron chi connectivity index (χ4n) is 0.788. The fraction of sp³-hybridized carbons (Fsp3) is 0.750. The van der Waals surface area contributed by atoms with Crippen molar-refractivity contribution in [3.8, 4) is 0 Å². The van der Waals surface area contributed by atoms with Gasteiger partial charge < -0.3 is 10.6 Å². The highest BCUT2D eigenvalue weighted by molar-refractivity contribution is 14.1. The Morgan fingerprint density at radius 2 is 1.92 bits per heavy atom. The molecule has 0 saturated carbocycles. The van der Waals surface area contributed by atoms with E-state index in [1.165, 1.54) is 6.92 Å². The van der Waals surface area contributed by atoms with Gasteiger partial charge in [-0.3, -0.25) is 9.59 Å². The van der Waals surface area contributed by atoms with Gasteiger partial charge in [-0.25, -0.2) is 0 Å². The number of hydrogen-bond donors (Lipinski definition) is 2. The maximum absolute atomic E-state index is 11.0. The summed E-state index contributed by atoms with van der Waals surface area (Å²) in [5.41, 5.74) is 0. The predicted octanol–water partition coefficient (Wildman–Crippen LogP) is 0.454. The van der Waals surface area contributed by atoms with Crippen LogP contribution in [0.4, 0.5) is 0 Å². The van der Waals surface area contributed by atoms with E-state index >= 15 is 0 Å². The van der Waals surface area contributed by atoms with Crippen LogP contribution in [0, 0.1) is 0 Å². The Kier molecular flexibility index (Phi) is 8.07. The molecule has 0 aromatic rings. The summed E-state index contributed by atoms with van der Waals surface area (Å²) in [6.45, 7) is 2.77. The van der Waals surface area contributed by atoms with Crippen molar-refractivity contribution in [3.63, 3.8) is 0 Å². The van der Waals surface area contributed by atoms with E-state index in [-0.39, 0.29) is 11.8 Å². The van der Waals surface area contributed by atoms with Crippen molar-refractivity contribution in [2.75, 3.05) is 17.5 Å². The van der Waals surface area contributed by atoms with Gasteiger partial charge in [0.15, 0.2) is 0 Å². The van der Waals surface area contributed by atoms with Crippen LogP contribution in [-0.4, -0.2) is 29.3 Å². The van der Waals surface area contributed by atoms with E-state index in [4.69, 9.17) is 0 Å². The highest BCUT2D eigenvalue weighted by Gasteiger charge is 1.99. The zero-order chi connectivity index (χ0) is 10.1. The number of carbonyl (C=O) groups excluding carboxylic acids is 2. The summed E-state index contributed by atoms with van der Waals surface area (Å²) in [6, 6.07) is 0. The normalized spacial score (nSPS) is 9.38. The fourth-order valence-corrected chi connectivity index (χ4v) is 1.06. The minimum Gasteiger partial charge on any atom is -0.356 e. The average Bonchev–Trinajstić information content (AvgIpc) is 2.08. The number of amides is 2. The van der Waals surface area contributed by atoms with Crippen molar-refractivity contribution >= 4 is 34.4 Å². The van der Waals surface area contributed by atoms with Gasteiger partial charge in [0.25, 0.3) is 0 Å². The lowest BCUT2D eigenvalue weighted by Crippen LogP contribution is -2.27. The van der Waals surface area contributed by atoms with Gasteiger partial charge >= 0.3 is 0 Å². The molecular formula is C8H15IN2O2. The summed E-state index contributed by atoms with van der Waals surface area (Å²) < 4.78 is 0.926. The van der Waals surface area contributed by atoms with Gasteiger partial charge in [-0.2, -0.15) is 0 Å². The molecular weight excluding hydrogens is 283 g/mol. The largest absolute Gasteiger partial charge is 0.356 e. The smallest absolute Gasteiger partial charge is 0.220 e. The van der Waals surface area contributed by atoms with Crippen LogP contribution in [0.3, 0.4) is 0 Å². The van der Waals surface area contributed by atoms with Crippen LogP contribution in [0.1, 0.15) is 19.8 Å². The van der Waals surface area contributed by atoms with Crippen LogP contribution >= 0.6 is 22.6 Å². The minimum atomic E-state index is -0.0485. The number of halogens is 1. The summed E-state index contributed by atoms with van der Waals surface area (Å²) >= 11 is 2.20. The first kappa shape index (κ1) is 12.7. The summed E-state index contributed by atoms with van der Waals surface area (Å²) in [7, 11) is 0. The number of nitrogens with one attached hydrogen (secondary N) is 2. The molecule has 0 fully saturated rings. The van der Waals surface area contributed by atoms with E-state index in [2.05, 4.69) is 33.2 Å². The van der Waals surface area contributed by atoms with Gasteiger partial charge in [0.2, 0.25) is 11.8 Å². The van der Waals surface area contributed by atoms with Crippen LogP contribution in [0.5, 0.6) is 0 Å². The van der Waals surface area contributed by atoms with Gasteiger partial charge in [-0.15, -0.1) is 0 Å². The van der Waals surface area contributed by atoms with Crippen LogP contribution in [0.15, 0.2) is 0 Å². The lowest BCUT2D eigenvalue weighted by molar-refractivity contribution is -0.122. The first-order valence-electron chi connectivity index (χ1n) is 4.24. The second-order valence-corrected chi connectivity index (χ2v) is 3.70. The molecule has 0 aliphatic rings. The predicted molar refractivity (Wildman–Crippen MR) is 59.8 cm³/mol. The van der Waals surface area contributed by atoms with Crippen LogP contribution in [0.25, 0.3) is 0 Å². The van der Waals surface area contributed by atoms with Crippen molar-refractivity contribution in [2.24, 2.45) is 0 Å². The van der Waals surface area contributed by atoms with Crippen LogP contribution in [-0.2, 0) is 9.59 Å². The van der Waals surface area contributed by atoms with Crippen LogP contribution < -0.4 is 10.6 Å². The average molecular weight is 298 g/mol. The molecule has 0 aromatic carbocycles. The number of rotatable bonds is 6. The van der Waals surface area contributed by atoms with Gasteiger partial charge in [-0.1, -0.05) is 22.6 Å². The summed E-state index contributed by atoms with van der Waals surface area (Å²) in [6.07, 6.45) is 1.18. The zero-order valence-electron chi connectivity index (χ0n) is 7.73. The third-order valence-corrected chi connectivity index (χ3v) is 1.91. The Morgan fingerprint density at radius 1 is 1.23 bits per heavy atom. The van der Waals surface area contributed by atoms with Gasteiger partial charge in [0, 0.05) is 30.9 Å². The minimum absolute atomic E-state index is 0.0485. The summed E-state index contributed by atoms with van der Waals surface area (Å²) in [5, 5.41) is 5.40. The molecule has 0 heterocycles. The molecule has 0 saturated heterocycles. The van der Waals surface area contributed by atoms with Crippen molar-refractivity contribution < 1.29 is 9.59 Å². The second-order valence-electron chi connectivity index (χ2n) is 2.63. The molecule has 0 radical (unpaired) electrons. The molecule has 0 aromatic heterocycles. The van der Waals surface area contributed by atoms with E-state index < -0.39 is 0 Å². The van der Waals surface area contributed by atoms with Crippen molar-refractivity contribution in [1.29, 1.82) is 0 Å². The maximum atomic E-state index is 11.0. The van der Waals surface area contributed by atoms with E-state index in [0.29, 0.717) is 19.4 Å². The zero-order valence-corrected chi connectivity index (χ0v) is 9.89. The van der Waals surface area contributed by atoms with Gasteiger partial charge in [0.05, 0.1) is 0 Å². The Labute approximate surface area is 92.0 Å². The van der Waals surface area contributed by atoms with E-state index in [0.717, 1.165) is 11.0 Å². The van der Waals surface area contributed by atoms with E-state index in [1.54, 1.807) is 0 Å². The third kappa shape index (κ3) is 9.59. The highest BCUT2D eigenvalue weighted by atomic mass is 127. The standard InChI is InChI=1S/C8H15IN2O2/c1-7(12)10-5-2-3-8(13)11-6-4-9/h2-6H2,1H3,(H,10,12)(H,11,13). The Hall–Kier alpha value is -0.330. The second kappa shape index (κ2) is 8.28. The monoisotopic (exact) mass is 298 g/mol. The molecule has 4 nitrogen and oxygen atoms in total. The lowest BCUT2D eigenvalue weighted by Gasteiger charge is -2.03. The molecule has 76 valence electrons. The number of alkyl halides is 1. The summed E-state index contributed by atoms with van der Waals surface area (Å²) in [4.78, 5) is 21.5. The maximum Gasteiger partial charge on any atom is 0.220 e. The molecule has 0 aliphatic heterocycles. The molecule has 2 N–H and O–H groups in total. The third-order valence-electron chi connectivity index (χ3n) is 1.37. The molecule has 13 heavy (non-hydrogen) atoms. The molecule has 0 atom stereocenters. The molecule has 0 aliphatic carbocycles.